The first-order chi connectivity index (χ1) is 14.3. The van der Waals surface area contributed by atoms with Gasteiger partial charge >= 0.3 is 0 Å². The van der Waals surface area contributed by atoms with Gasteiger partial charge in [-0.25, -0.2) is 4.98 Å². The van der Waals surface area contributed by atoms with E-state index in [4.69, 9.17) is 18.7 Å². The van der Waals surface area contributed by atoms with Crippen molar-refractivity contribution in [3.05, 3.63) is 66.4 Å². The van der Waals surface area contributed by atoms with E-state index < -0.39 is 0 Å². The van der Waals surface area contributed by atoms with Crippen LogP contribution in [0.4, 0.5) is 11.5 Å². The first kappa shape index (κ1) is 17.4. The van der Waals surface area contributed by atoms with E-state index >= 15 is 0 Å². The van der Waals surface area contributed by atoms with Crippen LogP contribution in [0.15, 0.2) is 65.3 Å². The van der Waals surface area contributed by atoms with Gasteiger partial charge in [-0.1, -0.05) is 12.1 Å². The molecular weight excluding hydrogens is 370 g/mol. The van der Waals surface area contributed by atoms with Crippen molar-refractivity contribution in [1.29, 1.82) is 0 Å². The second-order valence-corrected chi connectivity index (χ2v) is 6.63. The summed E-state index contributed by atoms with van der Waals surface area (Å²) < 4.78 is 22.3. The fourth-order valence-electron chi connectivity index (χ4n) is 3.35. The zero-order valence-corrected chi connectivity index (χ0v) is 15.9. The number of fused-ring (bicyclic) bond motifs is 2. The van der Waals surface area contributed by atoms with E-state index in [1.165, 1.54) is 0 Å². The van der Waals surface area contributed by atoms with Crippen molar-refractivity contribution in [2.75, 3.05) is 25.2 Å². The lowest BCUT2D eigenvalue weighted by atomic mass is 10.2. The maximum absolute atomic E-state index is 5.87. The van der Waals surface area contributed by atoms with Gasteiger partial charge in [0.05, 0.1) is 19.0 Å². The Balaban J connectivity index is 1.37. The Bertz CT molecular complexity index is 1140. The lowest BCUT2D eigenvalue weighted by Gasteiger charge is -2.29. The van der Waals surface area contributed by atoms with Gasteiger partial charge in [0.15, 0.2) is 17.2 Å². The lowest BCUT2D eigenvalue weighted by Crippen LogP contribution is -2.29. The van der Waals surface area contributed by atoms with Gasteiger partial charge in [-0.3, -0.25) is 0 Å². The Kier molecular flexibility index (Phi) is 4.40. The molecule has 1 aliphatic rings. The van der Waals surface area contributed by atoms with E-state index in [2.05, 4.69) is 15.0 Å². The molecule has 29 heavy (non-hydrogen) atoms. The van der Waals surface area contributed by atoms with Crippen LogP contribution in [-0.2, 0) is 6.61 Å². The highest BCUT2D eigenvalue weighted by Gasteiger charge is 2.21. The second-order valence-electron chi connectivity index (χ2n) is 6.63. The van der Waals surface area contributed by atoms with Crippen molar-refractivity contribution in [2.45, 2.75) is 6.61 Å². The number of benzene rings is 2. The molecule has 0 atom stereocenters. The third-order valence-electron chi connectivity index (χ3n) is 4.85. The summed E-state index contributed by atoms with van der Waals surface area (Å²) in [6.45, 7) is 1.71. The average molecular weight is 389 g/mol. The van der Waals surface area contributed by atoms with Gasteiger partial charge in [-0.05, 0) is 47.1 Å². The van der Waals surface area contributed by atoms with Gasteiger partial charge < -0.3 is 23.6 Å². The summed E-state index contributed by atoms with van der Waals surface area (Å²) in [5.41, 5.74) is 2.66. The van der Waals surface area contributed by atoms with Crippen molar-refractivity contribution in [1.82, 2.24) is 10.1 Å². The highest BCUT2D eigenvalue weighted by atomic mass is 16.5. The normalized spacial score (nSPS) is 13.1. The zero-order valence-electron chi connectivity index (χ0n) is 15.9. The molecule has 7 nitrogen and oxygen atoms in total. The van der Waals surface area contributed by atoms with E-state index in [9.17, 15) is 0 Å². The van der Waals surface area contributed by atoms with Crippen LogP contribution in [0.3, 0.4) is 0 Å². The molecule has 1 aliphatic heterocycles. The third-order valence-corrected chi connectivity index (χ3v) is 4.85. The van der Waals surface area contributed by atoms with E-state index in [0.717, 1.165) is 34.0 Å². The number of rotatable bonds is 5. The predicted molar refractivity (Wildman–Crippen MR) is 108 cm³/mol. The van der Waals surface area contributed by atoms with Crippen molar-refractivity contribution in [3.63, 3.8) is 0 Å². The molecule has 2 aromatic heterocycles. The largest absolute Gasteiger partial charge is 0.497 e. The molecule has 5 rings (SSSR count). The molecule has 3 heterocycles. The Hall–Kier alpha value is -3.74. The van der Waals surface area contributed by atoms with Crippen LogP contribution in [0.25, 0.3) is 11.0 Å². The van der Waals surface area contributed by atoms with Gasteiger partial charge in [0.1, 0.15) is 19.0 Å². The van der Waals surface area contributed by atoms with Crippen molar-refractivity contribution >= 4 is 22.5 Å². The van der Waals surface area contributed by atoms with Crippen LogP contribution < -0.4 is 19.1 Å². The number of methoxy groups -OCH3 is 1. The molecular formula is C22H19N3O4. The number of aromatic nitrogens is 2. The van der Waals surface area contributed by atoms with Gasteiger partial charge in [0.2, 0.25) is 0 Å². The molecule has 2 aromatic carbocycles. The number of pyridine rings is 1. The lowest BCUT2D eigenvalue weighted by molar-refractivity contribution is 0.274. The van der Waals surface area contributed by atoms with E-state index in [0.29, 0.717) is 31.2 Å². The summed E-state index contributed by atoms with van der Waals surface area (Å²) in [6.07, 6.45) is 1.76. The monoisotopic (exact) mass is 389 g/mol. The summed E-state index contributed by atoms with van der Waals surface area (Å²) in [5.74, 6) is 2.86. The highest BCUT2D eigenvalue weighted by Crippen LogP contribution is 2.36. The van der Waals surface area contributed by atoms with E-state index in [1.807, 2.05) is 54.6 Å². The summed E-state index contributed by atoms with van der Waals surface area (Å²) >= 11 is 0. The maximum Gasteiger partial charge on any atom is 0.262 e. The number of anilines is 2. The standard InChI is InChI=1S/C22H19N3O4/c1-26-17-7-4-15(5-8-17)14-28-22-18-9-6-16(13-20(18)29-24-22)25-11-12-27-19-3-2-10-23-21(19)25/h2-10,13H,11-12,14H2,1H3. The summed E-state index contributed by atoms with van der Waals surface area (Å²) in [7, 11) is 1.65. The van der Waals surface area contributed by atoms with Crippen molar-refractivity contribution in [2.24, 2.45) is 0 Å². The Morgan fingerprint density at radius 1 is 1.10 bits per heavy atom. The van der Waals surface area contributed by atoms with E-state index in [-0.39, 0.29) is 0 Å². The molecule has 0 bridgehead atoms. The highest BCUT2D eigenvalue weighted by molar-refractivity contribution is 5.86. The van der Waals surface area contributed by atoms with Crippen LogP contribution >= 0.6 is 0 Å². The predicted octanol–water partition coefficient (Wildman–Crippen LogP) is 4.34. The fourth-order valence-corrected chi connectivity index (χ4v) is 3.35. The Labute approximate surface area is 167 Å². The minimum Gasteiger partial charge on any atom is -0.497 e. The van der Waals surface area contributed by atoms with Crippen molar-refractivity contribution in [3.8, 4) is 17.4 Å². The molecule has 0 N–H and O–H groups in total. The Morgan fingerprint density at radius 3 is 2.86 bits per heavy atom. The number of hydrogen-bond donors (Lipinski definition) is 0. The van der Waals surface area contributed by atoms with Crippen molar-refractivity contribution < 1.29 is 18.7 Å². The second kappa shape index (κ2) is 7.35. The third kappa shape index (κ3) is 3.31. The molecule has 7 heteroatoms. The van der Waals surface area contributed by atoms with Gasteiger partial charge in [0, 0.05) is 18.0 Å². The average Bonchev–Trinajstić information content (AvgIpc) is 3.20. The summed E-state index contributed by atoms with van der Waals surface area (Å²) in [6, 6.07) is 17.4. The molecule has 0 radical (unpaired) electrons. The molecule has 0 aliphatic carbocycles. The van der Waals surface area contributed by atoms with Gasteiger partial charge in [-0.2, -0.15) is 0 Å². The Morgan fingerprint density at radius 2 is 2.00 bits per heavy atom. The molecule has 146 valence electrons. The molecule has 4 aromatic rings. The minimum atomic E-state index is 0.397. The molecule has 0 unspecified atom stereocenters. The fraction of sp³-hybridized carbons (Fsp3) is 0.182. The first-order valence-electron chi connectivity index (χ1n) is 9.32. The first-order valence-corrected chi connectivity index (χ1v) is 9.32. The summed E-state index contributed by atoms with van der Waals surface area (Å²) in [4.78, 5) is 6.57. The van der Waals surface area contributed by atoms with E-state index in [1.54, 1.807) is 13.3 Å². The quantitative estimate of drug-likeness (QED) is 0.503. The number of nitrogens with zero attached hydrogens (tertiary/aromatic N) is 3. The SMILES string of the molecule is COc1ccc(COc2noc3cc(N4CCOc5cccnc54)ccc23)cc1. The maximum atomic E-state index is 5.87. The molecule has 0 spiro atoms. The van der Waals surface area contributed by atoms with Crippen LogP contribution in [0.1, 0.15) is 5.56 Å². The summed E-state index contributed by atoms with van der Waals surface area (Å²) in [5, 5.41) is 4.92. The van der Waals surface area contributed by atoms with Crippen LogP contribution in [-0.4, -0.2) is 30.4 Å². The van der Waals surface area contributed by atoms with Crippen LogP contribution in [0, 0.1) is 0 Å². The smallest absolute Gasteiger partial charge is 0.262 e. The van der Waals surface area contributed by atoms with Gasteiger partial charge in [0.25, 0.3) is 5.88 Å². The number of hydrogen-bond acceptors (Lipinski definition) is 7. The topological polar surface area (TPSA) is 69.9 Å². The molecule has 0 amide bonds. The molecule has 0 saturated carbocycles. The molecule has 0 fully saturated rings. The van der Waals surface area contributed by atoms with Gasteiger partial charge in [-0.15, -0.1) is 0 Å². The molecule has 0 saturated heterocycles. The zero-order chi connectivity index (χ0) is 19.6. The van der Waals surface area contributed by atoms with Crippen LogP contribution in [0.5, 0.6) is 17.4 Å². The van der Waals surface area contributed by atoms with Crippen LogP contribution in [0.2, 0.25) is 0 Å². The number of ether oxygens (including phenoxy) is 3. The minimum absolute atomic E-state index is 0.397.